The fourth-order valence-electron chi connectivity index (χ4n) is 3.06. The number of ketones is 1. The third-order valence-electron chi connectivity index (χ3n) is 6.31. The second-order valence-corrected chi connectivity index (χ2v) is 15.0. The summed E-state index contributed by atoms with van der Waals surface area (Å²) >= 11 is 0. The van der Waals surface area contributed by atoms with Gasteiger partial charge in [-0.15, -0.1) is 0 Å². The zero-order chi connectivity index (χ0) is 24.7. The van der Waals surface area contributed by atoms with E-state index >= 15 is 0 Å². The Kier molecular flexibility index (Phi) is 13.7. The molecule has 4 nitrogen and oxygen atoms in total. The summed E-state index contributed by atoms with van der Waals surface area (Å²) in [5.74, 6) is 6.93. The van der Waals surface area contributed by atoms with Crippen LogP contribution in [0.4, 0.5) is 0 Å². The van der Waals surface area contributed by atoms with Gasteiger partial charge in [-0.2, -0.15) is 0 Å². The van der Waals surface area contributed by atoms with E-state index < -0.39 is 8.32 Å². The van der Waals surface area contributed by atoms with Crippen molar-refractivity contribution in [2.24, 2.45) is 0 Å². The Labute approximate surface area is 203 Å². The number of carbonyl (C=O) groups excluding carboxylic acids is 1. The van der Waals surface area contributed by atoms with Gasteiger partial charge < -0.3 is 13.9 Å². The van der Waals surface area contributed by atoms with E-state index in [-0.39, 0.29) is 16.9 Å². The van der Waals surface area contributed by atoms with Crippen molar-refractivity contribution in [1.29, 1.82) is 0 Å². The number of hydrogen-bond acceptors (Lipinski definition) is 4. The first-order valence-electron chi connectivity index (χ1n) is 12.5. The average molecular weight is 475 g/mol. The van der Waals surface area contributed by atoms with Crippen LogP contribution in [-0.2, 0) is 20.6 Å². The zero-order valence-electron chi connectivity index (χ0n) is 22.1. The summed E-state index contributed by atoms with van der Waals surface area (Å²) in [6, 6.07) is 7.94. The molecule has 0 spiro atoms. The van der Waals surface area contributed by atoms with Crippen LogP contribution in [0.3, 0.4) is 0 Å². The molecule has 0 aliphatic carbocycles. The molecule has 0 bridgehead atoms. The van der Waals surface area contributed by atoms with E-state index in [1.165, 1.54) is 0 Å². The van der Waals surface area contributed by atoms with Crippen molar-refractivity contribution < 1.29 is 18.7 Å². The fourth-order valence-corrected chi connectivity index (χ4v) is 4.30. The van der Waals surface area contributed by atoms with E-state index in [2.05, 4.69) is 52.6 Å². The van der Waals surface area contributed by atoms with Crippen molar-refractivity contribution in [3.05, 3.63) is 29.8 Å². The van der Waals surface area contributed by atoms with E-state index in [4.69, 9.17) is 13.9 Å². The lowest BCUT2D eigenvalue weighted by molar-refractivity contribution is -0.113. The molecule has 0 radical (unpaired) electrons. The van der Waals surface area contributed by atoms with E-state index in [1.807, 2.05) is 24.3 Å². The smallest absolute Gasteiger partial charge is 0.205 e. The molecular formula is C28H46O4Si. The maximum absolute atomic E-state index is 12.3. The standard InChI is InChI=1S/C28H46O4Si/c1-8-9-15-27(32-33(6,7)28(2,3)4)21-18-25(29)14-12-10-11-13-22-31-23-24-16-19-26(30-5)20-17-24/h16-17,19-20,27H,8-15,22-23H2,1-7H3/t27-/m1/s1. The summed E-state index contributed by atoms with van der Waals surface area (Å²) in [5.41, 5.74) is 1.15. The van der Waals surface area contributed by atoms with Crippen LogP contribution >= 0.6 is 0 Å². The van der Waals surface area contributed by atoms with Gasteiger partial charge in [0.25, 0.3) is 0 Å². The Morgan fingerprint density at radius 2 is 1.70 bits per heavy atom. The molecule has 186 valence electrons. The molecule has 0 aliphatic rings. The normalized spacial score (nSPS) is 12.7. The predicted molar refractivity (Wildman–Crippen MR) is 140 cm³/mol. The van der Waals surface area contributed by atoms with Gasteiger partial charge in [-0.3, -0.25) is 4.79 Å². The van der Waals surface area contributed by atoms with Crippen LogP contribution < -0.4 is 4.74 Å². The molecule has 0 saturated carbocycles. The minimum Gasteiger partial charge on any atom is -0.497 e. The van der Waals surface area contributed by atoms with Crippen LogP contribution in [0.5, 0.6) is 5.75 Å². The number of Topliss-reactive ketones (excluding diaryl/α,β-unsaturated/α-hetero) is 1. The molecular weight excluding hydrogens is 428 g/mol. The third kappa shape index (κ3) is 12.4. The molecule has 0 amide bonds. The first kappa shape index (κ1) is 29.4. The molecule has 0 heterocycles. The van der Waals surface area contributed by atoms with E-state index in [1.54, 1.807) is 7.11 Å². The Balaban J connectivity index is 2.27. The van der Waals surface area contributed by atoms with Gasteiger partial charge in [0.2, 0.25) is 5.78 Å². The monoisotopic (exact) mass is 474 g/mol. The maximum atomic E-state index is 12.3. The molecule has 1 aromatic rings. The van der Waals surface area contributed by atoms with Crippen LogP contribution in [0.15, 0.2) is 24.3 Å². The average Bonchev–Trinajstić information content (AvgIpc) is 2.76. The van der Waals surface area contributed by atoms with Crippen molar-refractivity contribution >= 4 is 14.1 Å². The largest absolute Gasteiger partial charge is 0.497 e. The first-order chi connectivity index (χ1) is 15.6. The highest BCUT2D eigenvalue weighted by atomic mass is 28.4. The summed E-state index contributed by atoms with van der Waals surface area (Å²) in [4.78, 5) is 12.3. The summed E-state index contributed by atoms with van der Waals surface area (Å²) in [6.45, 7) is 14.7. The second kappa shape index (κ2) is 15.3. The Bertz CT molecular complexity index is 738. The van der Waals surface area contributed by atoms with Crippen molar-refractivity contribution in [3.8, 4) is 17.6 Å². The van der Waals surface area contributed by atoms with Crippen molar-refractivity contribution in [1.82, 2.24) is 0 Å². The summed E-state index contributed by atoms with van der Waals surface area (Å²) in [5, 5.41) is 0.140. The minimum atomic E-state index is -1.89. The molecule has 0 aliphatic heterocycles. The van der Waals surface area contributed by atoms with Crippen molar-refractivity contribution in [2.75, 3.05) is 13.7 Å². The topological polar surface area (TPSA) is 44.8 Å². The molecule has 0 aromatic heterocycles. The Hall–Kier alpha value is -1.61. The van der Waals surface area contributed by atoms with Gasteiger partial charge in [0.15, 0.2) is 8.32 Å². The Morgan fingerprint density at radius 1 is 1.03 bits per heavy atom. The number of rotatable bonds is 15. The van der Waals surface area contributed by atoms with Crippen LogP contribution in [-0.4, -0.2) is 33.9 Å². The van der Waals surface area contributed by atoms with Crippen LogP contribution in [0.2, 0.25) is 18.1 Å². The van der Waals surface area contributed by atoms with Crippen molar-refractivity contribution in [2.45, 2.75) is 110 Å². The van der Waals surface area contributed by atoms with Crippen LogP contribution in [0.25, 0.3) is 0 Å². The number of carbonyl (C=O) groups is 1. The van der Waals surface area contributed by atoms with Crippen molar-refractivity contribution in [3.63, 3.8) is 0 Å². The number of hydrogen-bond donors (Lipinski definition) is 0. The molecule has 5 heteroatoms. The van der Waals surface area contributed by atoms with Crippen LogP contribution in [0.1, 0.15) is 84.6 Å². The van der Waals surface area contributed by atoms with Gasteiger partial charge in [0.05, 0.1) is 13.7 Å². The fraction of sp³-hybridized carbons (Fsp3) is 0.679. The van der Waals surface area contributed by atoms with E-state index in [0.717, 1.165) is 62.9 Å². The molecule has 0 unspecified atom stereocenters. The predicted octanol–water partition coefficient (Wildman–Crippen LogP) is 7.32. The summed E-state index contributed by atoms with van der Waals surface area (Å²) < 4.78 is 17.4. The first-order valence-corrected chi connectivity index (χ1v) is 15.4. The second-order valence-electron chi connectivity index (χ2n) is 10.3. The molecule has 1 atom stereocenters. The van der Waals surface area contributed by atoms with E-state index in [0.29, 0.717) is 13.0 Å². The molecule has 0 saturated heterocycles. The highest BCUT2D eigenvalue weighted by molar-refractivity contribution is 6.74. The molecule has 33 heavy (non-hydrogen) atoms. The van der Waals surface area contributed by atoms with Gasteiger partial charge >= 0.3 is 0 Å². The lowest BCUT2D eigenvalue weighted by Crippen LogP contribution is -2.43. The lowest BCUT2D eigenvalue weighted by Gasteiger charge is -2.38. The molecule has 1 aromatic carbocycles. The van der Waals surface area contributed by atoms with E-state index in [9.17, 15) is 4.79 Å². The van der Waals surface area contributed by atoms with Gasteiger partial charge in [-0.1, -0.05) is 71.4 Å². The molecule has 0 fully saturated rings. The molecule has 0 N–H and O–H groups in total. The summed E-state index contributed by atoms with van der Waals surface area (Å²) in [6.07, 6.45) is 7.47. The van der Waals surface area contributed by atoms with Gasteiger partial charge in [0, 0.05) is 13.0 Å². The SMILES string of the molecule is CCCC[C@H](C#CC(=O)CCCCCCOCc1ccc(OC)cc1)O[Si](C)(C)C(C)(C)C. The number of methoxy groups -OCH3 is 1. The Morgan fingerprint density at radius 3 is 2.30 bits per heavy atom. The lowest BCUT2D eigenvalue weighted by atomic mass is 10.1. The number of unbranched alkanes of at least 4 members (excludes halogenated alkanes) is 4. The highest BCUT2D eigenvalue weighted by Gasteiger charge is 2.38. The highest BCUT2D eigenvalue weighted by Crippen LogP contribution is 2.37. The number of ether oxygens (including phenoxy) is 2. The third-order valence-corrected chi connectivity index (χ3v) is 10.8. The number of benzene rings is 1. The molecule has 1 rings (SSSR count). The minimum absolute atomic E-state index is 0.0334. The van der Waals surface area contributed by atoms with Gasteiger partial charge in [-0.25, -0.2) is 0 Å². The van der Waals surface area contributed by atoms with Crippen LogP contribution in [0, 0.1) is 11.8 Å². The van der Waals surface area contributed by atoms with Gasteiger partial charge in [0.1, 0.15) is 11.9 Å². The summed E-state index contributed by atoms with van der Waals surface area (Å²) in [7, 11) is -0.227. The zero-order valence-corrected chi connectivity index (χ0v) is 23.1. The maximum Gasteiger partial charge on any atom is 0.205 e. The quantitative estimate of drug-likeness (QED) is 0.116. The van der Waals surface area contributed by atoms with Gasteiger partial charge in [-0.05, 0) is 61.0 Å².